The third kappa shape index (κ3) is 7.59. The van der Waals surface area contributed by atoms with Crippen molar-refractivity contribution in [1.82, 2.24) is 0 Å². The number of rotatable bonds is 9. The van der Waals surface area contributed by atoms with Crippen LogP contribution in [0, 0.1) is 26.6 Å². The predicted molar refractivity (Wildman–Crippen MR) is 117 cm³/mol. The Morgan fingerprint density at radius 1 is 0.900 bits per heavy atom. The number of carbonyl (C=O) groups is 2. The molecular formula is C22H27FN2O4S. The quantitative estimate of drug-likeness (QED) is 0.626. The molecule has 0 radical (unpaired) electrons. The second kappa shape index (κ2) is 10.3. The van der Waals surface area contributed by atoms with E-state index in [1.165, 1.54) is 18.2 Å². The summed E-state index contributed by atoms with van der Waals surface area (Å²) in [7, 11) is -3.48. The number of sulfone groups is 1. The zero-order chi connectivity index (χ0) is 22.3. The third-order valence-electron chi connectivity index (χ3n) is 4.55. The molecule has 0 saturated carbocycles. The molecule has 2 amide bonds. The Labute approximate surface area is 176 Å². The van der Waals surface area contributed by atoms with E-state index in [0.717, 1.165) is 28.4 Å². The number of benzene rings is 2. The first-order chi connectivity index (χ1) is 14.1. The van der Waals surface area contributed by atoms with Crippen LogP contribution in [0.5, 0.6) is 0 Å². The zero-order valence-corrected chi connectivity index (χ0v) is 18.2. The first-order valence-corrected chi connectivity index (χ1v) is 11.5. The summed E-state index contributed by atoms with van der Waals surface area (Å²) in [6.07, 6.45) is 0.0118. The van der Waals surface area contributed by atoms with Gasteiger partial charge in [-0.1, -0.05) is 23.8 Å². The molecule has 162 valence electrons. The Morgan fingerprint density at radius 3 is 2.17 bits per heavy atom. The average Bonchev–Trinajstić information content (AvgIpc) is 2.63. The van der Waals surface area contributed by atoms with E-state index in [1.54, 1.807) is 0 Å². The fourth-order valence-corrected chi connectivity index (χ4v) is 4.46. The van der Waals surface area contributed by atoms with Crippen molar-refractivity contribution in [3.63, 3.8) is 0 Å². The van der Waals surface area contributed by atoms with Crippen LogP contribution in [0.25, 0.3) is 0 Å². The standard InChI is InChI=1S/C22H27FN2O4S/c1-15-12-16(2)22(17(3)13-15)25-20(26)8-5-10-30(28,29)11-9-21(27)24-19-7-4-6-18(23)14-19/h4,6-7,12-14H,5,8-11H2,1-3H3,(H,24,27)(H,25,26). The number of halogens is 1. The van der Waals surface area contributed by atoms with Gasteiger partial charge in [0.1, 0.15) is 5.82 Å². The van der Waals surface area contributed by atoms with Gasteiger partial charge in [-0.05, 0) is 56.5 Å². The number of hydrogen-bond acceptors (Lipinski definition) is 4. The molecule has 2 N–H and O–H groups in total. The van der Waals surface area contributed by atoms with Gasteiger partial charge in [0.25, 0.3) is 0 Å². The Bertz CT molecular complexity index is 1010. The van der Waals surface area contributed by atoms with Gasteiger partial charge in [0, 0.05) is 24.2 Å². The van der Waals surface area contributed by atoms with Gasteiger partial charge < -0.3 is 10.6 Å². The Balaban J connectivity index is 1.77. The average molecular weight is 435 g/mol. The number of nitrogens with one attached hydrogen (secondary N) is 2. The fourth-order valence-electron chi connectivity index (χ4n) is 3.17. The molecule has 2 rings (SSSR count). The zero-order valence-electron chi connectivity index (χ0n) is 17.4. The second-order valence-corrected chi connectivity index (χ2v) is 9.69. The van der Waals surface area contributed by atoms with Crippen LogP contribution >= 0.6 is 0 Å². The van der Waals surface area contributed by atoms with Crippen LogP contribution in [0.4, 0.5) is 15.8 Å². The number of anilines is 2. The minimum Gasteiger partial charge on any atom is -0.326 e. The maximum atomic E-state index is 13.1. The van der Waals surface area contributed by atoms with Gasteiger partial charge in [-0.3, -0.25) is 9.59 Å². The first-order valence-electron chi connectivity index (χ1n) is 9.69. The van der Waals surface area contributed by atoms with Crippen molar-refractivity contribution >= 4 is 33.0 Å². The highest BCUT2D eigenvalue weighted by molar-refractivity contribution is 7.91. The minimum absolute atomic E-state index is 0.0709. The molecule has 30 heavy (non-hydrogen) atoms. The van der Waals surface area contributed by atoms with E-state index in [1.807, 2.05) is 32.9 Å². The van der Waals surface area contributed by atoms with Gasteiger partial charge in [0.15, 0.2) is 9.84 Å². The Morgan fingerprint density at radius 2 is 1.53 bits per heavy atom. The summed E-state index contributed by atoms with van der Waals surface area (Å²) in [5, 5.41) is 5.31. The lowest BCUT2D eigenvalue weighted by molar-refractivity contribution is -0.116. The van der Waals surface area contributed by atoms with Gasteiger partial charge >= 0.3 is 0 Å². The summed E-state index contributed by atoms with van der Waals surface area (Å²) in [5.74, 6) is -1.75. The number of carbonyl (C=O) groups excluding carboxylic acids is 2. The van der Waals surface area contributed by atoms with E-state index in [2.05, 4.69) is 10.6 Å². The highest BCUT2D eigenvalue weighted by atomic mass is 32.2. The van der Waals surface area contributed by atoms with Crippen LogP contribution in [0.15, 0.2) is 36.4 Å². The van der Waals surface area contributed by atoms with Gasteiger partial charge in [0.05, 0.1) is 11.5 Å². The summed E-state index contributed by atoms with van der Waals surface area (Å²) in [5.41, 5.74) is 4.05. The SMILES string of the molecule is Cc1cc(C)c(NC(=O)CCCS(=O)(=O)CCC(=O)Nc2cccc(F)c2)c(C)c1. The Hall–Kier alpha value is -2.74. The minimum atomic E-state index is -3.48. The Kier molecular flexibility index (Phi) is 8.11. The van der Waals surface area contributed by atoms with Crippen molar-refractivity contribution in [2.45, 2.75) is 40.0 Å². The molecule has 2 aromatic carbocycles. The monoisotopic (exact) mass is 434 g/mol. The maximum absolute atomic E-state index is 13.1. The fraction of sp³-hybridized carbons (Fsp3) is 0.364. The van der Waals surface area contributed by atoms with Crippen molar-refractivity contribution < 1.29 is 22.4 Å². The molecule has 0 spiro atoms. The number of amides is 2. The molecule has 0 unspecified atom stereocenters. The van der Waals surface area contributed by atoms with Crippen molar-refractivity contribution in [1.29, 1.82) is 0 Å². The smallest absolute Gasteiger partial charge is 0.225 e. The van der Waals surface area contributed by atoms with Gasteiger partial charge in [0.2, 0.25) is 11.8 Å². The van der Waals surface area contributed by atoms with Gasteiger partial charge in [-0.15, -0.1) is 0 Å². The van der Waals surface area contributed by atoms with E-state index < -0.39 is 21.6 Å². The highest BCUT2D eigenvalue weighted by Gasteiger charge is 2.15. The summed E-state index contributed by atoms with van der Waals surface area (Å²) in [6, 6.07) is 9.32. The van der Waals surface area contributed by atoms with Crippen LogP contribution in [-0.4, -0.2) is 31.7 Å². The molecule has 0 aliphatic carbocycles. The van der Waals surface area contributed by atoms with E-state index in [0.29, 0.717) is 0 Å². The number of aryl methyl sites for hydroxylation is 3. The van der Waals surface area contributed by atoms with Crippen molar-refractivity contribution in [2.24, 2.45) is 0 Å². The first kappa shape index (κ1) is 23.5. The van der Waals surface area contributed by atoms with Crippen LogP contribution in [0.3, 0.4) is 0 Å². The molecule has 2 aromatic rings. The lowest BCUT2D eigenvalue weighted by atomic mass is 10.0. The van der Waals surface area contributed by atoms with E-state index in [-0.39, 0.29) is 42.4 Å². The third-order valence-corrected chi connectivity index (χ3v) is 6.29. The van der Waals surface area contributed by atoms with E-state index in [4.69, 9.17) is 0 Å². The lowest BCUT2D eigenvalue weighted by Gasteiger charge is -2.13. The number of hydrogen-bond donors (Lipinski definition) is 2. The van der Waals surface area contributed by atoms with E-state index >= 15 is 0 Å². The van der Waals surface area contributed by atoms with Crippen molar-refractivity contribution in [2.75, 3.05) is 22.1 Å². The summed E-state index contributed by atoms with van der Waals surface area (Å²) < 4.78 is 37.4. The molecule has 0 aromatic heterocycles. The van der Waals surface area contributed by atoms with Gasteiger partial charge in [-0.2, -0.15) is 0 Å². The summed E-state index contributed by atoms with van der Waals surface area (Å²) >= 11 is 0. The molecule has 0 aliphatic rings. The predicted octanol–water partition coefficient (Wildman–Crippen LogP) is 3.91. The highest BCUT2D eigenvalue weighted by Crippen LogP contribution is 2.22. The normalized spacial score (nSPS) is 11.2. The van der Waals surface area contributed by atoms with Crippen molar-refractivity contribution in [3.8, 4) is 0 Å². The van der Waals surface area contributed by atoms with Crippen LogP contribution in [0.2, 0.25) is 0 Å². The van der Waals surface area contributed by atoms with Crippen molar-refractivity contribution in [3.05, 3.63) is 58.9 Å². The lowest BCUT2D eigenvalue weighted by Crippen LogP contribution is -2.20. The molecule has 0 atom stereocenters. The van der Waals surface area contributed by atoms with E-state index in [9.17, 15) is 22.4 Å². The molecule has 0 bridgehead atoms. The molecule has 0 heterocycles. The maximum Gasteiger partial charge on any atom is 0.225 e. The topological polar surface area (TPSA) is 92.3 Å². The molecule has 6 nitrogen and oxygen atoms in total. The molecule has 0 saturated heterocycles. The second-order valence-electron chi connectivity index (χ2n) is 7.39. The van der Waals surface area contributed by atoms with Crippen LogP contribution < -0.4 is 10.6 Å². The van der Waals surface area contributed by atoms with Crippen LogP contribution in [-0.2, 0) is 19.4 Å². The van der Waals surface area contributed by atoms with Gasteiger partial charge in [-0.25, -0.2) is 12.8 Å². The summed E-state index contributed by atoms with van der Waals surface area (Å²) in [6.45, 7) is 5.80. The van der Waals surface area contributed by atoms with Crippen LogP contribution in [0.1, 0.15) is 36.0 Å². The largest absolute Gasteiger partial charge is 0.326 e. The molecular weight excluding hydrogens is 407 g/mol. The molecule has 0 aliphatic heterocycles. The molecule has 8 heteroatoms. The summed E-state index contributed by atoms with van der Waals surface area (Å²) in [4.78, 5) is 24.1. The molecule has 0 fully saturated rings.